The van der Waals surface area contributed by atoms with Crippen LogP contribution in [0.5, 0.6) is 0 Å². The molecule has 1 N–H and O–H groups in total. The summed E-state index contributed by atoms with van der Waals surface area (Å²) >= 11 is 0. The fourth-order valence-corrected chi connectivity index (χ4v) is 3.33. The maximum atomic E-state index is 12.5. The minimum absolute atomic E-state index is 0.00248. The van der Waals surface area contributed by atoms with Crippen molar-refractivity contribution in [2.24, 2.45) is 5.92 Å². The maximum absolute atomic E-state index is 12.5. The van der Waals surface area contributed by atoms with Crippen LogP contribution in [-0.4, -0.2) is 70.8 Å². The summed E-state index contributed by atoms with van der Waals surface area (Å²) in [4.78, 5) is 31.9. The van der Waals surface area contributed by atoms with Crippen LogP contribution in [0.2, 0.25) is 0 Å². The van der Waals surface area contributed by atoms with Gasteiger partial charge in [-0.05, 0) is 19.0 Å². The average molecular weight is 365 g/mol. The van der Waals surface area contributed by atoms with Crippen LogP contribution in [0.1, 0.15) is 38.4 Å². The minimum Gasteiger partial charge on any atom is -0.441 e. The van der Waals surface area contributed by atoms with E-state index >= 15 is 0 Å². The smallest absolute Gasteiger partial charge is 0.410 e. The first-order valence-corrected chi connectivity index (χ1v) is 9.11. The van der Waals surface area contributed by atoms with Gasteiger partial charge in [-0.3, -0.25) is 9.69 Å². The second-order valence-electron chi connectivity index (χ2n) is 7.61. The fourth-order valence-electron chi connectivity index (χ4n) is 3.33. The molecule has 0 aromatic carbocycles. The van der Waals surface area contributed by atoms with Crippen LogP contribution >= 0.6 is 0 Å². The third kappa shape index (κ3) is 4.32. The number of ether oxygens (including phenoxy) is 1. The lowest BCUT2D eigenvalue weighted by Gasteiger charge is -2.31. The van der Waals surface area contributed by atoms with Gasteiger partial charge in [0.2, 0.25) is 11.8 Å². The van der Waals surface area contributed by atoms with Crippen molar-refractivity contribution in [3.8, 4) is 0 Å². The first-order valence-electron chi connectivity index (χ1n) is 9.11. The Labute approximate surface area is 153 Å². The number of aromatic nitrogens is 2. The van der Waals surface area contributed by atoms with Crippen molar-refractivity contribution in [1.82, 2.24) is 25.3 Å². The largest absolute Gasteiger partial charge is 0.441 e. The Bertz CT molecular complexity index is 653. The molecule has 0 radical (unpaired) electrons. The highest BCUT2D eigenvalue weighted by molar-refractivity contribution is 5.83. The summed E-state index contributed by atoms with van der Waals surface area (Å²) in [7, 11) is 1.66. The van der Waals surface area contributed by atoms with E-state index in [4.69, 9.17) is 9.26 Å². The predicted molar refractivity (Wildman–Crippen MR) is 92.2 cm³/mol. The summed E-state index contributed by atoms with van der Waals surface area (Å²) in [5.41, 5.74) is -0.445. The number of carbonyl (C=O) groups excluding carboxylic acids is 2. The maximum Gasteiger partial charge on any atom is 0.410 e. The molecule has 3 rings (SSSR count). The molecule has 2 saturated heterocycles. The zero-order valence-electron chi connectivity index (χ0n) is 15.7. The SMILES string of the molecule is CC(C)Cc1noc(CN(C)C(=O)CN2CC3(CCNCC3)OC2=O)n1. The number of carbonyl (C=O) groups is 2. The van der Waals surface area contributed by atoms with Crippen molar-refractivity contribution < 1.29 is 18.8 Å². The Morgan fingerprint density at radius 2 is 2.12 bits per heavy atom. The van der Waals surface area contributed by atoms with Gasteiger partial charge in [0, 0.05) is 26.3 Å². The van der Waals surface area contributed by atoms with Crippen LogP contribution < -0.4 is 5.32 Å². The van der Waals surface area contributed by atoms with E-state index in [0.717, 1.165) is 32.4 Å². The van der Waals surface area contributed by atoms with E-state index in [-0.39, 0.29) is 19.0 Å². The van der Waals surface area contributed by atoms with E-state index in [1.807, 2.05) is 0 Å². The highest BCUT2D eigenvalue weighted by Crippen LogP contribution is 2.30. The molecule has 2 amide bonds. The molecule has 26 heavy (non-hydrogen) atoms. The molecule has 9 nitrogen and oxygen atoms in total. The number of likely N-dealkylation sites (N-methyl/N-ethyl adjacent to an activating group) is 1. The Kier molecular flexibility index (Phi) is 5.45. The molecular weight excluding hydrogens is 338 g/mol. The second kappa shape index (κ2) is 7.61. The Hall–Kier alpha value is -2.16. The molecule has 2 aliphatic heterocycles. The van der Waals surface area contributed by atoms with Gasteiger partial charge in [0.1, 0.15) is 12.1 Å². The Balaban J connectivity index is 1.52. The number of piperidine rings is 1. The zero-order valence-corrected chi connectivity index (χ0v) is 15.7. The lowest BCUT2D eigenvalue weighted by atomic mass is 9.92. The van der Waals surface area contributed by atoms with Gasteiger partial charge in [-0.1, -0.05) is 19.0 Å². The van der Waals surface area contributed by atoms with Gasteiger partial charge in [-0.2, -0.15) is 4.98 Å². The molecule has 9 heteroatoms. The molecule has 3 heterocycles. The lowest BCUT2D eigenvalue weighted by molar-refractivity contribution is -0.131. The summed E-state index contributed by atoms with van der Waals surface area (Å²) in [6.07, 6.45) is 1.88. The normalized spacial score (nSPS) is 19.2. The Morgan fingerprint density at radius 1 is 1.38 bits per heavy atom. The van der Waals surface area contributed by atoms with Crippen LogP contribution in [0.4, 0.5) is 4.79 Å². The second-order valence-corrected chi connectivity index (χ2v) is 7.61. The highest BCUT2D eigenvalue weighted by atomic mass is 16.6. The van der Waals surface area contributed by atoms with Gasteiger partial charge in [0.25, 0.3) is 0 Å². The summed E-state index contributed by atoms with van der Waals surface area (Å²) in [6, 6.07) is 0. The fraction of sp³-hybridized carbons (Fsp3) is 0.765. The topological polar surface area (TPSA) is 101 Å². The van der Waals surface area contributed by atoms with E-state index in [9.17, 15) is 9.59 Å². The first-order chi connectivity index (χ1) is 12.4. The first kappa shape index (κ1) is 18.6. The number of amides is 2. The van der Waals surface area contributed by atoms with Crippen LogP contribution in [0.25, 0.3) is 0 Å². The predicted octanol–water partition coefficient (Wildman–Crippen LogP) is 0.801. The van der Waals surface area contributed by atoms with Crippen molar-refractivity contribution in [3.63, 3.8) is 0 Å². The number of hydrogen-bond donors (Lipinski definition) is 1. The van der Waals surface area contributed by atoms with Gasteiger partial charge in [0.15, 0.2) is 5.82 Å². The molecule has 2 fully saturated rings. The monoisotopic (exact) mass is 365 g/mol. The highest BCUT2D eigenvalue weighted by Gasteiger charge is 2.46. The Morgan fingerprint density at radius 3 is 2.81 bits per heavy atom. The van der Waals surface area contributed by atoms with Crippen molar-refractivity contribution in [3.05, 3.63) is 11.7 Å². The molecule has 1 aromatic rings. The summed E-state index contributed by atoms with van der Waals surface area (Å²) in [5.74, 6) is 1.29. The zero-order chi connectivity index (χ0) is 18.7. The van der Waals surface area contributed by atoms with E-state index in [2.05, 4.69) is 29.3 Å². The van der Waals surface area contributed by atoms with Crippen molar-refractivity contribution in [2.75, 3.05) is 33.2 Å². The van der Waals surface area contributed by atoms with E-state index in [0.29, 0.717) is 24.2 Å². The molecule has 144 valence electrons. The molecular formula is C17H27N5O4. The summed E-state index contributed by atoms with van der Waals surface area (Å²) < 4.78 is 10.8. The number of rotatable bonds is 6. The van der Waals surface area contributed by atoms with Gasteiger partial charge in [0.05, 0.1) is 13.1 Å². The van der Waals surface area contributed by atoms with Crippen LogP contribution in [0.3, 0.4) is 0 Å². The molecule has 0 atom stereocenters. The molecule has 2 aliphatic rings. The standard InChI is InChI=1S/C17H27N5O4/c1-12(2)8-13-19-14(26-20-13)9-21(3)15(23)10-22-11-17(25-16(22)24)4-6-18-7-5-17/h12,18H,4-11H2,1-3H3. The number of nitrogens with one attached hydrogen (secondary N) is 1. The molecule has 0 aliphatic carbocycles. The van der Waals surface area contributed by atoms with E-state index < -0.39 is 11.7 Å². The molecule has 1 aromatic heterocycles. The van der Waals surface area contributed by atoms with Crippen molar-refractivity contribution >= 4 is 12.0 Å². The lowest BCUT2D eigenvalue weighted by Crippen LogP contribution is -2.46. The van der Waals surface area contributed by atoms with E-state index in [1.165, 1.54) is 9.80 Å². The number of nitrogens with zero attached hydrogens (tertiary/aromatic N) is 4. The van der Waals surface area contributed by atoms with Crippen molar-refractivity contribution in [2.45, 2.75) is 45.3 Å². The van der Waals surface area contributed by atoms with E-state index in [1.54, 1.807) is 7.05 Å². The average Bonchev–Trinajstić information content (AvgIpc) is 3.12. The van der Waals surface area contributed by atoms with Gasteiger partial charge in [-0.25, -0.2) is 4.79 Å². The molecule has 0 unspecified atom stereocenters. The third-order valence-electron chi connectivity index (χ3n) is 4.78. The molecule has 0 saturated carbocycles. The minimum atomic E-state index is -0.445. The van der Waals surface area contributed by atoms with Gasteiger partial charge >= 0.3 is 6.09 Å². The summed E-state index contributed by atoms with van der Waals surface area (Å²) in [5, 5.41) is 7.18. The molecule has 1 spiro atoms. The van der Waals surface area contributed by atoms with Crippen LogP contribution in [0, 0.1) is 5.92 Å². The van der Waals surface area contributed by atoms with Gasteiger partial charge < -0.3 is 19.5 Å². The number of hydrogen-bond acceptors (Lipinski definition) is 7. The van der Waals surface area contributed by atoms with Gasteiger partial charge in [-0.15, -0.1) is 0 Å². The third-order valence-corrected chi connectivity index (χ3v) is 4.78. The summed E-state index contributed by atoms with van der Waals surface area (Å²) in [6.45, 7) is 6.49. The van der Waals surface area contributed by atoms with Crippen LogP contribution in [0.15, 0.2) is 4.52 Å². The van der Waals surface area contributed by atoms with Crippen LogP contribution in [-0.2, 0) is 22.5 Å². The van der Waals surface area contributed by atoms with Crippen molar-refractivity contribution in [1.29, 1.82) is 0 Å². The quantitative estimate of drug-likeness (QED) is 0.796. The molecule has 0 bridgehead atoms.